The van der Waals surface area contributed by atoms with Gasteiger partial charge in [0.05, 0.1) is 0 Å². The molecule has 0 amide bonds. The van der Waals surface area contributed by atoms with Crippen LogP contribution in [-0.4, -0.2) is 28.5 Å². The quantitative estimate of drug-likeness (QED) is 0.888. The van der Waals surface area contributed by atoms with Crippen molar-refractivity contribution in [3.8, 4) is 0 Å². The third kappa shape index (κ3) is 3.59. The third-order valence-corrected chi connectivity index (χ3v) is 3.23. The predicted octanol–water partition coefficient (Wildman–Crippen LogP) is 1.92. The molecule has 0 aliphatic carbocycles. The van der Waals surface area contributed by atoms with Gasteiger partial charge in [-0.05, 0) is 37.2 Å². The average Bonchev–Trinajstić information content (AvgIpc) is 2.43. The van der Waals surface area contributed by atoms with Gasteiger partial charge in [0.1, 0.15) is 0 Å². The smallest absolute Gasteiger partial charge is 0.0486 e. The Balaban J connectivity index is 2.11. The van der Waals surface area contributed by atoms with Gasteiger partial charge in [-0.3, -0.25) is 14.9 Å². The van der Waals surface area contributed by atoms with E-state index in [-0.39, 0.29) is 6.04 Å². The van der Waals surface area contributed by atoms with Crippen LogP contribution < -0.4 is 5.73 Å². The summed E-state index contributed by atoms with van der Waals surface area (Å²) in [7, 11) is 2.07. The highest BCUT2D eigenvalue weighted by molar-refractivity contribution is 5.18. The maximum Gasteiger partial charge on any atom is 0.0486 e. The largest absolute Gasteiger partial charge is 0.329 e. The van der Waals surface area contributed by atoms with Gasteiger partial charge in [0.2, 0.25) is 0 Å². The van der Waals surface area contributed by atoms with Gasteiger partial charge in [-0.25, -0.2) is 0 Å². The van der Waals surface area contributed by atoms with Crippen molar-refractivity contribution >= 4 is 0 Å². The topological polar surface area (TPSA) is 55.0 Å². The lowest BCUT2D eigenvalue weighted by Gasteiger charge is -2.27. The predicted molar refractivity (Wildman–Crippen MR) is 76.5 cm³/mol. The van der Waals surface area contributed by atoms with E-state index >= 15 is 0 Å². The Labute approximate surface area is 114 Å². The highest BCUT2D eigenvalue weighted by Crippen LogP contribution is 2.19. The van der Waals surface area contributed by atoms with Crippen molar-refractivity contribution in [3.05, 3.63) is 59.7 Å². The monoisotopic (exact) mass is 256 g/mol. The van der Waals surface area contributed by atoms with Crippen LogP contribution >= 0.6 is 0 Å². The third-order valence-electron chi connectivity index (χ3n) is 3.23. The Hall–Kier alpha value is -1.78. The maximum absolute atomic E-state index is 5.91. The summed E-state index contributed by atoms with van der Waals surface area (Å²) in [6, 6.07) is 8.32. The van der Waals surface area contributed by atoms with Crippen LogP contribution in [0.4, 0.5) is 0 Å². The summed E-state index contributed by atoms with van der Waals surface area (Å²) in [5.74, 6) is 0. The second-order valence-electron chi connectivity index (χ2n) is 4.76. The number of rotatable bonds is 5. The van der Waals surface area contributed by atoms with Crippen LogP contribution in [0.15, 0.2) is 42.9 Å². The van der Waals surface area contributed by atoms with Crippen LogP contribution in [-0.2, 0) is 6.54 Å². The molecule has 4 heteroatoms. The minimum Gasteiger partial charge on any atom is -0.329 e. The normalized spacial score (nSPS) is 12.6. The van der Waals surface area contributed by atoms with Crippen molar-refractivity contribution in [3.63, 3.8) is 0 Å². The molecule has 0 aliphatic heterocycles. The van der Waals surface area contributed by atoms with Gasteiger partial charge >= 0.3 is 0 Å². The fourth-order valence-electron chi connectivity index (χ4n) is 2.14. The van der Waals surface area contributed by atoms with E-state index in [2.05, 4.69) is 34.0 Å². The van der Waals surface area contributed by atoms with Gasteiger partial charge < -0.3 is 5.73 Å². The molecular formula is C15H20N4. The van der Waals surface area contributed by atoms with Crippen molar-refractivity contribution in [1.29, 1.82) is 0 Å². The van der Waals surface area contributed by atoms with E-state index in [0.29, 0.717) is 6.54 Å². The molecule has 2 aromatic rings. The van der Waals surface area contributed by atoms with Gasteiger partial charge in [0, 0.05) is 43.4 Å². The van der Waals surface area contributed by atoms with Crippen LogP contribution in [0.1, 0.15) is 22.9 Å². The number of hydrogen-bond acceptors (Lipinski definition) is 4. The molecule has 0 aliphatic rings. The molecule has 2 heterocycles. The lowest BCUT2D eigenvalue weighted by Crippen LogP contribution is -2.30. The molecule has 2 aromatic heterocycles. The van der Waals surface area contributed by atoms with Crippen LogP contribution in [0.25, 0.3) is 0 Å². The summed E-state index contributed by atoms with van der Waals surface area (Å²) >= 11 is 0. The molecule has 4 nitrogen and oxygen atoms in total. The fraction of sp³-hybridized carbons (Fsp3) is 0.333. The van der Waals surface area contributed by atoms with Gasteiger partial charge in [0.15, 0.2) is 0 Å². The van der Waals surface area contributed by atoms with E-state index in [4.69, 9.17) is 5.73 Å². The minimum absolute atomic E-state index is 0.174. The lowest BCUT2D eigenvalue weighted by molar-refractivity contribution is 0.241. The van der Waals surface area contributed by atoms with Gasteiger partial charge in [0.25, 0.3) is 0 Å². The summed E-state index contributed by atoms with van der Waals surface area (Å²) in [5.41, 5.74) is 9.27. The van der Waals surface area contributed by atoms with E-state index in [9.17, 15) is 0 Å². The molecule has 0 saturated heterocycles. The zero-order valence-corrected chi connectivity index (χ0v) is 11.5. The highest BCUT2D eigenvalue weighted by Gasteiger charge is 2.15. The number of nitrogens with zero attached hydrogens (tertiary/aromatic N) is 3. The van der Waals surface area contributed by atoms with Crippen molar-refractivity contribution < 1.29 is 0 Å². The molecule has 0 bridgehead atoms. The van der Waals surface area contributed by atoms with E-state index in [1.807, 2.05) is 31.5 Å². The molecule has 0 aromatic carbocycles. The Morgan fingerprint density at radius 3 is 2.68 bits per heavy atom. The molecule has 1 unspecified atom stereocenters. The van der Waals surface area contributed by atoms with Crippen molar-refractivity contribution in [1.82, 2.24) is 14.9 Å². The number of likely N-dealkylation sites (N-methyl/N-ethyl adjacent to an activating group) is 1. The fourth-order valence-corrected chi connectivity index (χ4v) is 2.14. The number of hydrogen-bond donors (Lipinski definition) is 1. The lowest BCUT2D eigenvalue weighted by atomic mass is 10.1. The first-order valence-electron chi connectivity index (χ1n) is 6.42. The van der Waals surface area contributed by atoms with Crippen molar-refractivity contribution in [2.45, 2.75) is 19.5 Å². The van der Waals surface area contributed by atoms with Gasteiger partial charge in [-0.1, -0.05) is 12.1 Å². The number of pyridine rings is 2. The molecule has 19 heavy (non-hydrogen) atoms. The summed E-state index contributed by atoms with van der Waals surface area (Å²) in [6.07, 6.45) is 5.58. The number of nitrogens with two attached hydrogens (primary N) is 1. The summed E-state index contributed by atoms with van der Waals surface area (Å²) in [5, 5.41) is 0. The molecule has 0 fully saturated rings. The molecule has 0 radical (unpaired) electrons. The number of aromatic nitrogens is 2. The van der Waals surface area contributed by atoms with Crippen LogP contribution in [0.5, 0.6) is 0 Å². The standard InChI is InChI=1S/C15H20N4/c1-12-5-6-14(10-18-12)15(8-16)19(2)11-13-4-3-7-17-9-13/h3-7,9-10,15H,8,11,16H2,1-2H3. The first-order valence-corrected chi connectivity index (χ1v) is 6.42. The van der Waals surface area contributed by atoms with E-state index < -0.39 is 0 Å². The molecule has 0 saturated carbocycles. The Morgan fingerprint density at radius 2 is 2.11 bits per heavy atom. The molecule has 2 rings (SSSR count). The second-order valence-corrected chi connectivity index (χ2v) is 4.76. The van der Waals surface area contributed by atoms with E-state index in [0.717, 1.165) is 17.8 Å². The summed E-state index contributed by atoms with van der Waals surface area (Å²) in [6.45, 7) is 3.38. The maximum atomic E-state index is 5.91. The van der Waals surface area contributed by atoms with Gasteiger partial charge in [-0.2, -0.15) is 0 Å². The van der Waals surface area contributed by atoms with E-state index in [1.54, 1.807) is 6.20 Å². The van der Waals surface area contributed by atoms with Crippen molar-refractivity contribution in [2.75, 3.05) is 13.6 Å². The Morgan fingerprint density at radius 1 is 1.26 bits per heavy atom. The summed E-state index contributed by atoms with van der Waals surface area (Å²) in [4.78, 5) is 10.7. The molecule has 0 spiro atoms. The van der Waals surface area contributed by atoms with Crippen molar-refractivity contribution in [2.24, 2.45) is 5.73 Å². The second kappa shape index (κ2) is 6.41. The molecule has 100 valence electrons. The molecule has 2 N–H and O–H groups in total. The van der Waals surface area contributed by atoms with Crippen LogP contribution in [0.2, 0.25) is 0 Å². The van der Waals surface area contributed by atoms with E-state index in [1.165, 1.54) is 5.56 Å². The first kappa shape index (κ1) is 13.6. The minimum atomic E-state index is 0.174. The Bertz CT molecular complexity index is 495. The average molecular weight is 256 g/mol. The summed E-state index contributed by atoms with van der Waals surface area (Å²) < 4.78 is 0. The zero-order valence-electron chi connectivity index (χ0n) is 11.5. The molecule has 1 atom stereocenters. The highest BCUT2D eigenvalue weighted by atomic mass is 15.1. The SMILES string of the molecule is Cc1ccc(C(CN)N(C)Cc2cccnc2)cn1. The first-order chi connectivity index (χ1) is 9.20. The van der Waals surface area contributed by atoms with Crippen LogP contribution in [0, 0.1) is 6.92 Å². The Kier molecular flexibility index (Phi) is 4.60. The van der Waals surface area contributed by atoms with Gasteiger partial charge in [-0.15, -0.1) is 0 Å². The zero-order chi connectivity index (χ0) is 13.7. The van der Waals surface area contributed by atoms with Crippen LogP contribution in [0.3, 0.4) is 0 Å². The number of aryl methyl sites for hydroxylation is 1. The molecular weight excluding hydrogens is 236 g/mol.